The zero-order valence-electron chi connectivity index (χ0n) is 19.2. The van der Waals surface area contributed by atoms with E-state index in [1.54, 1.807) is 22.5 Å². The van der Waals surface area contributed by atoms with Crippen LogP contribution in [0.1, 0.15) is 38.7 Å². The van der Waals surface area contributed by atoms with Gasteiger partial charge in [0.25, 0.3) is 0 Å². The first-order valence-electron chi connectivity index (χ1n) is 11.4. The molecule has 0 spiro atoms. The van der Waals surface area contributed by atoms with Gasteiger partial charge in [-0.1, -0.05) is 18.6 Å². The highest BCUT2D eigenvalue weighted by Gasteiger charge is 2.26. The van der Waals surface area contributed by atoms with E-state index in [0.717, 1.165) is 41.5 Å². The standard InChI is InChI=1S/C25H31N3O4S/c1-19(2)32-22-8-6-20(7-9-22)17-26-25(29)18-27-15-12-21-16-23(10-11-24(21)27)33(30,31)28-13-4-3-5-14-28/h6-12,15-16,19H,3-5,13-14,17-18H2,1-2H3,(H,26,29). The van der Waals surface area contributed by atoms with Gasteiger partial charge in [-0.05, 0) is 68.7 Å². The smallest absolute Gasteiger partial charge is 0.243 e. The summed E-state index contributed by atoms with van der Waals surface area (Å²) in [5.74, 6) is 0.695. The molecule has 0 saturated carbocycles. The van der Waals surface area contributed by atoms with Gasteiger partial charge < -0.3 is 14.6 Å². The highest BCUT2D eigenvalue weighted by atomic mass is 32.2. The van der Waals surface area contributed by atoms with Gasteiger partial charge in [0.1, 0.15) is 12.3 Å². The topological polar surface area (TPSA) is 80.6 Å². The minimum atomic E-state index is -3.48. The molecule has 1 fully saturated rings. The quantitative estimate of drug-likeness (QED) is 0.542. The van der Waals surface area contributed by atoms with E-state index in [-0.39, 0.29) is 18.6 Å². The molecule has 0 atom stereocenters. The average molecular weight is 470 g/mol. The van der Waals surface area contributed by atoms with E-state index in [1.807, 2.05) is 54.9 Å². The molecule has 33 heavy (non-hydrogen) atoms. The van der Waals surface area contributed by atoms with Crippen LogP contribution in [0.4, 0.5) is 0 Å². The number of aromatic nitrogens is 1. The van der Waals surface area contributed by atoms with Gasteiger partial charge in [-0.2, -0.15) is 4.31 Å². The molecule has 0 bridgehead atoms. The van der Waals surface area contributed by atoms with Crippen LogP contribution in [0.5, 0.6) is 5.75 Å². The summed E-state index contributed by atoms with van der Waals surface area (Å²) in [4.78, 5) is 12.8. The molecule has 2 aromatic carbocycles. The molecule has 1 amide bonds. The molecule has 8 heteroatoms. The second-order valence-electron chi connectivity index (χ2n) is 8.72. The third-order valence-electron chi connectivity index (χ3n) is 5.79. The number of carbonyl (C=O) groups excluding carboxylic acids is 1. The summed E-state index contributed by atoms with van der Waals surface area (Å²) in [5, 5.41) is 3.74. The molecule has 1 saturated heterocycles. The van der Waals surface area contributed by atoms with Crippen molar-refractivity contribution in [2.45, 2.75) is 57.2 Å². The molecule has 0 radical (unpaired) electrons. The molecule has 7 nitrogen and oxygen atoms in total. The van der Waals surface area contributed by atoms with Gasteiger partial charge in [0, 0.05) is 36.7 Å². The maximum atomic E-state index is 13.0. The van der Waals surface area contributed by atoms with Gasteiger partial charge >= 0.3 is 0 Å². The third-order valence-corrected chi connectivity index (χ3v) is 7.69. The van der Waals surface area contributed by atoms with Crippen molar-refractivity contribution in [3.05, 3.63) is 60.3 Å². The fourth-order valence-corrected chi connectivity index (χ4v) is 5.65. The molecule has 1 N–H and O–H groups in total. The van der Waals surface area contributed by atoms with E-state index in [2.05, 4.69) is 5.32 Å². The van der Waals surface area contributed by atoms with Crippen molar-refractivity contribution in [3.63, 3.8) is 0 Å². The molecule has 0 aliphatic carbocycles. The van der Waals surface area contributed by atoms with Gasteiger partial charge in [0.05, 0.1) is 11.0 Å². The molecule has 3 aromatic rings. The monoisotopic (exact) mass is 469 g/mol. The lowest BCUT2D eigenvalue weighted by Crippen LogP contribution is -2.35. The highest BCUT2D eigenvalue weighted by Crippen LogP contribution is 2.25. The molecule has 1 aliphatic heterocycles. The maximum absolute atomic E-state index is 13.0. The SMILES string of the molecule is CC(C)Oc1ccc(CNC(=O)Cn2ccc3cc(S(=O)(=O)N4CCCCC4)ccc32)cc1. The zero-order valence-corrected chi connectivity index (χ0v) is 20.0. The molecule has 2 heterocycles. The Kier molecular flexibility index (Phi) is 7.05. The molecule has 176 valence electrons. The molecule has 4 rings (SSSR count). The predicted molar refractivity (Wildman–Crippen MR) is 129 cm³/mol. The number of nitrogens with zero attached hydrogens (tertiary/aromatic N) is 2. The van der Waals surface area contributed by atoms with Crippen LogP contribution in [0.25, 0.3) is 10.9 Å². The number of benzene rings is 2. The van der Waals surface area contributed by atoms with Crippen molar-refractivity contribution >= 4 is 26.8 Å². The van der Waals surface area contributed by atoms with Crippen molar-refractivity contribution in [1.29, 1.82) is 0 Å². The average Bonchev–Trinajstić information content (AvgIpc) is 3.21. The van der Waals surface area contributed by atoms with E-state index in [0.29, 0.717) is 24.5 Å². The Bertz CT molecular complexity index is 1210. The molecule has 0 unspecified atom stereocenters. The Morgan fingerprint density at radius 2 is 1.76 bits per heavy atom. The fourth-order valence-electron chi connectivity index (χ4n) is 4.10. The minimum absolute atomic E-state index is 0.111. The number of fused-ring (bicyclic) bond motifs is 1. The Morgan fingerprint density at radius 3 is 2.45 bits per heavy atom. The van der Waals surface area contributed by atoms with E-state index in [9.17, 15) is 13.2 Å². The lowest BCUT2D eigenvalue weighted by atomic mass is 10.2. The van der Waals surface area contributed by atoms with Crippen LogP contribution in [-0.4, -0.2) is 42.4 Å². The zero-order chi connectivity index (χ0) is 23.4. The number of nitrogens with one attached hydrogen (secondary N) is 1. The number of hydrogen-bond donors (Lipinski definition) is 1. The number of ether oxygens (including phenoxy) is 1. The molecular weight excluding hydrogens is 438 g/mol. The number of amides is 1. The third kappa shape index (κ3) is 5.57. The van der Waals surface area contributed by atoms with E-state index in [4.69, 9.17) is 4.74 Å². The van der Waals surface area contributed by atoms with Gasteiger partial charge in [0.15, 0.2) is 0 Å². The van der Waals surface area contributed by atoms with Crippen molar-refractivity contribution in [2.75, 3.05) is 13.1 Å². The lowest BCUT2D eigenvalue weighted by Gasteiger charge is -2.25. The Morgan fingerprint density at radius 1 is 1.03 bits per heavy atom. The summed E-state index contributed by atoms with van der Waals surface area (Å²) < 4.78 is 35.0. The van der Waals surface area contributed by atoms with Gasteiger partial charge in [-0.3, -0.25) is 4.79 Å². The van der Waals surface area contributed by atoms with Crippen molar-refractivity contribution in [3.8, 4) is 5.75 Å². The normalized spacial score (nSPS) is 15.1. The first kappa shape index (κ1) is 23.3. The van der Waals surface area contributed by atoms with Crippen molar-refractivity contribution in [1.82, 2.24) is 14.2 Å². The van der Waals surface area contributed by atoms with Crippen molar-refractivity contribution < 1.29 is 17.9 Å². The summed E-state index contributed by atoms with van der Waals surface area (Å²) in [6.45, 7) is 5.71. The van der Waals surface area contributed by atoms with Crippen LogP contribution in [0.3, 0.4) is 0 Å². The predicted octanol–water partition coefficient (Wildman–Crippen LogP) is 3.92. The number of hydrogen-bond acceptors (Lipinski definition) is 4. The van der Waals surface area contributed by atoms with Crippen LogP contribution in [-0.2, 0) is 27.9 Å². The summed E-state index contributed by atoms with van der Waals surface area (Å²) in [6.07, 6.45) is 4.83. The summed E-state index contributed by atoms with van der Waals surface area (Å²) in [6, 6.07) is 14.7. The van der Waals surface area contributed by atoms with Crippen LogP contribution in [0.15, 0.2) is 59.6 Å². The number of piperidine rings is 1. The van der Waals surface area contributed by atoms with Crippen LogP contribution in [0, 0.1) is 0 Å². The first-order valence-corrected chi connectivity index (χ1v) is 12.9. The Balaban J connectivity index is 1.39. The highest BCUT2D eigenvalue weighted by molar-refractivity contribution is 7.89. The molecular formula is C25H31N3O4S. The van der Waals surface area contributed by atoms with Crippen LogP contribution < -0.4 is 10.1 Å². The number of carbonyl (C=O) groups is 1. The summed E-state index contributed by atoms with van der Waals surface area (Å²) >= 11 is 0. The first-order chi connectivity index (χ1) is 15.8. The largest absolute Gasteiger partial charge is 0.491 e. The van der Waals surface area contributed by atoms with E-state index >= 15 is 0 Å². The van der Waals surface area contributed by atoms with Gasteiger partial charge in [0.2, 0.25) is 15.9 Å². The molecule has 1 aliphatic rings. The van der Waals surface area contributed by atoms with Gasteiger partial charge in [-0.25, -0.2) is 8.42 Å². The summed E-state index contributed by atoms with van der Waals surface area (Å²) in [7, 11) is -3.48. The fraction of sp³-hybridized carbons (Fsp3) is 0.400. The van der Waals surface area contributed by atoms with Crippen LogP contribution in [0.2, 0.25) is 0 Å². The maximum Gasteiger partial charge on any atom is 0.243 e. The Labute approximate surface area is 195 Å². The van der Waals surface area contributed by atoms with E-state index in [1.165, 1.54) is 0 Å². The molecule has 1 aromatic heterocycles. The lowest BCUT2D eigenvalue weighted by molar-refractivity contribution is -0.121. The van der Waals surface area contributed by atoms with Crippen LogP contribution >= 0.6 is 0 Å². The number of sulfonamides is 1. The second-order valence-corrected chi connectivity index (χ2v) is 10.7. The minimum Gasteiger partial charge on any atom is -0.491 e. The Hall–Kier alpha value is -2.84. The van der Waals surface area contributed by atoms with Crippen molar-refractivity contribution in [2.24, 2.45) is 0 Å². The summed E-state index contributed by atoms with van der Waals surface area (Å²) in [5.41, 5.74) is 1.82. The second kappa shape index (κ2) is 9.97. The van der Waals surface area contributed by atoms with Gasteiger partial charge in [-0.15, -0.1) is 0 Å². The number of rotatable bonds is 8. The van der Waals surface area contributed by atoms with E-state index < -0.39 is 10.0 Å².